The lowest BCUT2D eigenvalue weighted by Crippen LogP contribution is -2.40. The molecule has 3 heterocycles. The molecule has 1 aromatic carbocycles. The van der Waals surface area contributed by atoms with E-state index in [1.165, 1.54) is 12.1 Å². The summed E-state index contributed by atoms with van der Waals surface area (Å²) in [5.74, 6) is 0.451. The lowest BCUT2D eigenvalue weighted by atomic mass is 10.0. The van der Waals surface area contributed by atoms with Crippen LogP contribution >= 0.6 is 11.3 Å². The molecule has 3 aromatic heterocycles. The highest BCUT2D eigenvalue weighted by atomic mass is 32.3. The number of nitrogens with two attached hydrogens (primary N) is 1. The predicted molar refractivity (Wildman–Crippen MR) is 123 cm³/mol. The fraction of sp³-hybridized carbons (Fsp3) is 0.0909. The summed E-state index contributed by atoms with van der Waals surface area (Å²) in [6, 6.07) is 16.4. The monoisotopic (exact) mass is 452 g/mol. The van der Waals surface area contributed by atoms with Crippen LogP contribution in [0, 0.1) is 11.3 Å². The number of benzene rings is 1. The van der Waals surface area contributed by atoms with E-state index >= 15 is 0 Å². The number of furan rings is 1. The van der Waals surface area contributed by atoms with Gasteiger partial charge in [-0.15, -0.1) is 20.9 Å². The minimum absolute atomic E-state index is 0.165. The summed E-state index contributed by atoms with van der Waals surface area (Å²) in [5.41, 5.74) is 3.52. The van der Waals surface area contributed by atoms with E-state index in [9.17, 15) is 14.0 Å². The van der Waals surface area contributed by atoms with Crippen molar-refractivity contribution in [1.82, 2.24) is 4.98 Å². The van der Waals surface area contributed by atoms with Crippen LogP contribution in [0.5, 0.6) is 0 Å². The van der Waals surface area contributed by atoms with Crippen LogP contribution in [0.15, 0.2) is 75.7 Å². The first-order valence-electron chi connectivity index (χ1n) is 9.25. The fourth-order valence-electron chi connectivity index (χ4n) is 3.11. The van der Waals surface area contributed by atoms with Gasteiger partial charge in [-0.2, -0.15) is 9.47 Å². The molecular weight excluding hydrogens is 432 g/mol. The predicted octanol–water partition coefficient (Wildman–Crippen LogP) is 4.71. The van der Waals surface area contributed by atoms with E-state index in [2.05, 4.69) is 16.4 Å². The van der Waals surface area contributed by atoms with Crippen LogP contribution in [0.4, 0.5) is 5.82 Å². The van der Waals surface area contributed by atoms with E-state index in [0.29, 0.717) is 17.9 Å². The molecule has 0 radical (unpaired) electrons. The topological polar surface area (TPSA) is 125 Å². The number of hydrogen-bond acceptors (Lipinski definition) is 6. The molecule has 0 atom stereocenters. The molecule has 0 aliphatic carbocycles. The molecule has 4 rings (SSSR count). The Kier molecular flexibility index (Phi) is 5.24. The standard InChI is InChI=1S/C22H20N4O3S2/c1-31(24,27,28)17-6-4-15(5-7-17)13-25-22-19(12-23)18(16-8-9-29-14-16)11-20(26-22)21-3-2-10-30-21/h2-11,14H,13H2,1H3,(H,25,26)(H3,24,27,28). The zero-order valence-corrected chi connectivity index (χ0v) is 18.2. The number of nitrogens with one attached hydrogen (secondary N) is 1. The number of anilines is 1. The number of rotatable bonds is 6. The molecule has 0 aliphatic rings. The van der Waals surface area contributed by atoms with Gasteiger partial charge in [0, 0.05) is 23.9 Å². The molecule has 9 heteroatoms. The first-order valence-corrected chi connectivity index (χ1v) is 12.5. The Labute approximate surface area is 183 Å². The van der Waals surface area contributed by atoms with Gasteiger partial charge in [-0.1, -0.05) is 18.2 Å². The molecule has 0 saturated carbocycles. The van der Waals surface area contributed by atoms with Crippen LogP contribution in [-0.4, -0.2) is 20.0 Å². The maximum Gasteiger partial charge on any atom is 0.145 e. The largest absolute Gasteiger partial charge is 0.472 e. The van der Waals surface area contributed by atoms with E-state index in [1.807, 2.05) is 23.6 Å². The van der Waals surface area contributed by atoms with Crippen LogP contribution in [0.25, 0.3) is 21.7 Å². The minimum Gasteiger partial charge on any atom is -0.472 e. The molecular formula is C22H20N4O3S2. The second-order valence-corrected chi connectivity index (χ2v) is 11.4. The van der Waals surface area contributed by atoms with Crippen molar-refractivity contribution in [1.29, 1.82) is 5.26 Å². The molecule has 0 fully saturated rings. The third-order valence-electron chi connectivity index (χ3n) is 4.69. The molecule has 0 bridgehead atoms. The number of hydrogen-bond donors (Lipinski definition) is 3. The molecule has 7 nitrogen and oxygen atoms in total. The van der Waals surface area contributed by atoms with Gasteiger partial charge >= 0.3 is 0 Å². The molecule has 4 N–H and O–H groups in total. The SMILES string of the molecule is CS(N)(=O)(O)c1ccc(CNc2nc(-c3cccs3)cc(-c3ccoc3)c2C#N)cc1. The van der Waals surface area contributed by atoms with Gasteiger partial charge < -0.3 is 9.73 Å². The maximum absolute atomic E-state index is 12.1. The van der Waals surface area contributed by atoms with Crippen molar-refractivity contribution in [2.24, 2.45) is 5.14 Å². The number of nitriles is 1. The Bertz CT molecular complexity index is 1310. The summed E-state index contributed by atoms with van der Waals surface area (Å²) < 4.78 is 27.3. The summed E-state index contributed by atoms with van der Waals surface area (Å²) in [7, 11) is -4.28. The third-order valence-corrected chi connectivity index (χ3v) is 7.01. The second-order valence-electron chi connectivity index (χ2n) is 7.24. The van der Waals surface area contributed by atoms with Gasteiger partial charge in [0.1, 0.15) is 17.5 Å². The number of thiophene rings is 1. The Morgan fingerprint density at radius 2 is 2.06 bits per heavy atom. The van der Waals surface area contributed by atoms with Gasteiger partial charge in [-0.3, -0.25) is 4.55 Å². The smallest absolute Gasteiger partial charge is 0.145 e. The van der Waals surface area contributed by atoms with E-state index in [4.69, 9.17) is 9.56 Å². The normalized spacial score (nSPS) is 12.6. The molecule has 0 unspecified atom stereocenters. The van der Waals surface area contributed by atoms with Gasteiger partial charge in [0.25, 0.3) is 0 Å². The van der Waals surface area contributed by atoms with E-state index in [0.717, 1.165) is 33.5 Å². The van der Waals surface area contributed by atoms with Crippen molar-refractivity contribution >= 4 is 26.7 Å². The van der Waals surface area contributed by atoms with Crippen LogP contribution in [0.2, 0.25) is 0 Å². The van der Waals surface area contributed by atoms with E-state index < -0.39 is 9.53 Å². The van der Waals surface area contributed by atoms with Crippen molar-refractivity contribution in [3.05, 3.63) is 77.6 Å². The Balaban J connectivity index is 1.69. The summed E-state index contributed by atoms with van der Waals surface area (Å²) in [6.07, 6.45) is 4.27. The molecule has 0 aliphatic heterocycles. The summed E-state index contributed by atoms with van der Waals surface area (Å²) in [4.78, 5) is 5.83. The van der Waals surface area contributed by atoms with Crippen LogP contribution < -0.4 is 10.5 Å². The van der Waals surface area contributed by atoms with E-state index in [-0.39, 0.29) is 4.90 Å². The minimum atomic E-state index is -4.28. The van der Waals surface area contributed by atoms with Gasteiger partial charge in [0.15, 0.2) is 0 Å². The molecule has 0 saturated heterocycles. The Morgan fingerprint density at radius 3 is 2.65 bits per heavy atom. The molecule has 0 amide bonds. The molecule has 158 valence electrons. The average molecular weight is 453 g/mol. The maximum atomic E-state index is 12.1. The van der Waals surface area contributed by atoms with E-state index in [1.54, 1.807) is 42.1 Å². The van der Waals surface area contributed by atoms with Crippen LogP contribution in [-0.2, 0) is 16.1 Å². The molecule has 31 heavy (non-hydrogen) atoms. The lowest BCUT2D eigenvalue weighted by Gasteiger charge is -2.33. The Morgan fingerprint density at radius 1 is 1.29 bits per heavy atom. The first-order chi connectivity index (χ1) is 14.7. The zero-order valence-electron chi connectivity index (χ0n) is 16.6. The van der Waals surface area contributed by atoms with Gasteiger partial charge in [-0.05, 0) is 41.3 Å². The first kappa shape index (κ1) is 21.0. The summed E-state index contributed by atoms with van der Waals surface area (Å²) >= 11 is 1.56. The number of nitrogens with zero attached hydrogens (tertiary/aromatic N) is 2. The quantitative estimate of drug-likeness (QED) is 0.389. The second kappa shape index (κ2) is 7.76. The van der Waals surface area contributed by atoms with Gasteiger partial charge in [0.2, 0.25) is 0 Å². The molecule has 4 aromatic rings. The van der Waals surface area contributed by atoms with Crippen LogP contribution in [0.1, 0.15) is 11.1 Å². The highest BCUT2D eigenvalue weighted by molar-refractivity contribution is 8.12. The number of aromatic nitrogens is 1. The lowest BCUT2D eigenvalue weighted by molar-refractivity contribution is 0.520. The van der Waals surface area contributed by atoms with Crippen LogP contribution in [0.3, 0.4) is 0 Å². The third kappa shape index (κ3) is 4.57. The van der Waals surface area contributed by atoms with Crippen molar-refractivity contribution in [2.45, 2.75) is 11.4 Å². The highest BCUT2D eigenvalue weighted by Crippen LogP contribution is 2.34. The zero-order chi connectivity index (χ0) is 22.1. The number of pyridine rings is 1. The average Bonchev–Trinajstić information content (AvgIpc) is 3.45. The van der Waals surface area contributed by atoms with Crippen molar-refractivity contribution < 1.29 is 13.2 Å². The fourth-order valence-corrected chi connectivity index (χ4v) is 4.59. The van der Waals surface area contributed by atoms with Gasteiger partial charge in [0.05, 0.1) is 28.0 Å². The Hall–Kier alpha value is -3.29. The molecule has 0 spiro atoms. The van der Waals surface area contributed by atoms with Crippen molar-refractivity contribution in [3.8, 4) is 27.8 Å². The van der Waals surface area contributed by atoms with Crippen molar-refractivity contribution in [2.75, 3.05) is 11.6 Å². The highest BCUT2D eigenvalue weighted by Gasteiger charge is 2.18. The van der Waals surface area contributed by atoms with Gasteiger partial charge in [-0.25, -0.2) is 10.1 Å². The summed E-state index contributed by atoms with van der Waals surface area (Å²) in [5, 5.41) is 20.6. The summed E-state index contributed by atoms with van der Waals surface area (Å²) in [6.45, 7) is 0.368. The van der Waals surface area contributed by atoms with Crippen molar-refractivity contribution in [3.63, 3.8) is 0 Å².